The molecule has 0 radical (unpaired) electrons. The van der Waals surface area contributed by atoms with E-state index in [9.17, 15) is 9.18 Å². The largest absolute Gasteiger partial charge is 0.467 e. The summed E-state index contributed by atoms with van der Waals surface area (Å²) in [7, 11) is 1.23. The minimum absolute atomic E-state index is 0.0264. The van der Waals surface area contributed by atoms with E-state index in [1.165, 1.54) is 24.7 Å². The first-order valence-corrected chi connectivity index (χ1v) is 10.6. The molecule has 4 rings (SSSR count). The summed E-state index contributed by atoms with van der Waals surface area (Å²) in [5.41, 5.74) is 3.76. The summed E-state index contributed by atoms with van der Waals surface area (Å²) in [5.74, 6) is -0.353. The molecule has 2 saturated heterocycles. The number of likely N-dealkylation sites (tertiary alicyclic amines) is 1. The summed E-state index contributed by atoms with van der Waals surface area (Å²) in [6, 6.07) is 4.50. The van der Waals surface area contributed by atoms with Crippen LogP contribution in [0.1, 0.15) is 55.4 Å². The Morgan fingerprint density at radius 2 is 2.10 bits per heavy atom. The third-order valence-electron chi connectivity index (χ3n) is 6.31. The van der Waals surface area contributed by atoms with Crippen LogP contribution in [-0.4, -0.2) is 60.2 Å². The number of fused-ring (bicyclic) bond motifs is 1. The highest BCUT2D eigenvalue weighted by atomic mass is 19.1. The lowest BCUT2D eigenvalue weighted by atomic mass is 9.86. The van der Waals surface area contributed by atoms with E-state index in [0.29, 0.717) is 5.92 Å². The Balaban J connectivity index is 1.48. The zero-order chi connectivity index (χ0) is 20.4. The second kappa shape index (κ2) is 8.79. The molecule has 2 unspecified atom stereocenters. The van der Waals surface area contributed by atoms with Crippen molar-refractivity contribution in [2.45, 2.75) is 57.3 Å². The molecule has 7 heteroatoms. The van der Waals surface area contributed by atoms with Crippen LogP contribution in [0.2, 0.25) is 0 Å². The fraction of sp³-hybridized carbons (Fsp3) is 0.636. The summed E-state index contributed by atoms with van der Waals surface area (Å²) in [6.45, 7) is 4.63. The summed E-state index contributed by atoms with van der Waals surface area (Å²) in [5, 5.41) is 5.76. The normalized spacial score (nSPS) is 22.7. The van der Waals surface area contributed by atoms with Crippen LogP contribution < -0.4 is 0 Å². The van der Waals surface area contributed by atoms with Gasteiger partial charge in [-0.1, -0.05) is 0 Å². The van der Waals surface area contributed by atoms with E-state index in [0.717, 1.165) is 56.3 Å². The topological polar surface area (TPSA) is 56.6 Å². The zero-order valence-corrected chi connectivity index (χ0v) is 17.3. The molecule has 0 saturated carbocycles. The van der Waals surface area contributed by atoms with Gasteiger partial charge in [0.25, 0.3) is 0 Å². The lowest BCUT2D eigenvalue weighted by molar-refractivity contribution is -0.147. The number of benzene rings is 1. The highest BCUT2D eigenvalue weighted by Gasteiger charge is 2.27. The van der Waals surface area contributed by atoms with Gasteiger partial charge >= 0.3 is 5.97 Å². The molecule has 0 aliphatic carbocycles. The van der Waals surface area contributed by atoms with Crippen molar-refractivity contribution in [1.82, 2.24) is 14.7 Å². The van der Waals surface area contributed by atoms with Gasteiger partial charge in [0.05, 0.1) is 18.8 Å². The predicted octanol–water partition coefficient (Wildman–Crippen LogP) is 3.73. The van der Waals surface area contributed by atoms with Crippen LogP contribution in [0.5, 0.6) is 0 Å². The van der Waals surface area contributed by atoms with E-state index in [2.05, 4.69) is 28.9 Å². The number of aryl methyl sites for hydroxylation is 1. The van der Waals surface area contributed by atoms with Crippen molar-refractivity contribution >= 4 is 16.9 Å². The van der Waals surface area contributed by atoms with Crippen LogP contribution in [0.4, 0.5) is 4.39 Å². The number of nitrogens with zero attached hydrogens (tertiary/aromatic N) is 3. The molecule has 0 bridgehead atoms. The first kappa shape index (κ1) is 20.3. The number of alkyl halides is 1. The number of carbonyl (C=O) groups is 1. The van der Waals surface area contributed by atoms with Crippen molar-refractivity contribution in [3.05, 3.63) is 29.5 Å². The number of aromatic nitrogens is 2. The number of hydrogen-bond acceptors (Lipinski definition) is 5. The van der Waals surface area contributed by atoms with Gasteiger partial charge in [0, 0.05) is 18.5 Å². The second-order valence-electron chi connectivity index (χ2n) is 8.24. The fourth-order valence-corrected chi connectivity index (χ4v) is 4.66. The van der Waals surface area contributed by atoms with Crippen molar-refractivity contribution < 1.29 is 18.7 Å². The second-order valence-corrected chi connectivity index (χ2v) is 8.24. The number of rotatable bonds is 5. The Morgan fingerprint density at radius 1 is 1.31 bits per heavy atom. The monoisotopic (exact) mass is 403 g/mol. The third-order valence-corrected chi connectivity index (χ3v) is 6.31. The van der Waals surface area contributed by atoms with Gasteiger partial charge in [0.1, 0.15) is 0 Å². The van der Waals surface area contributed by atoms with Crippen LogP contribution in [0.25, 0.3) is 10.9 Å². The minimum atomic E-state index is -1.57. The van der Waals surface area contributed by atoms with Crippen molar-refractivity contribution in [3.63, 3.8) is 0 Å². The Hall–Kier alpha value is -1.99. The number of ether oxygens (including phenoxy) is 2. The summed E-state index contributed by atoms with van der Waals surface area (Å²) >= 11 is 0. The average molecular weight is 403 g/mol. The van der Waals surface area contributed by atoms with Gasteiger partial charge < -0.3 is 9.47 Å². The average Bonchev–Trinajstić information content (AvgIpc) is 3.16. The molecule has 2 atom stereocenters. The standard InChI is InChI=1S/C22H30FN3O3/c1-15-11-17-13-24-26(21-5-3-4-10-29-21)20(17)12-18(15)16-6-8-25(9-7-16)14-19(23)22(27)28-2/h11-13,16,19,21H,3-10,14H2,1-2H3. The number of hydrogen-bond donors (Lipinski definition) is 0. The van der Waals surface area contributed by atoms with Gasteiger partial charge in [-0.05, 0) is 81.3 Å². The molecule has 3 heterocycles. The molecule has 1 aromatic carbocycles. The Labute approximate surface area is 170 Å². The van der Waals surface area contributed by atoms with E-state index >= 15 is 0 Å². The number of carbonyl (C=O) groups excluding carboxylic acids is 1. The molecule has 2 aromatic rings. The molecule has 0 N–H and O–H groups in total. The molecule has 0 spiro atoms. The molecule has 6 nitrogen and oxygen atoms in total. The molecule has 1 aromatic heterocycles. The van der Waals surface area contributed by atoms with Crippen molar-refractivity contribution in [2.75, 3.05) is 33.4 Å². The van der Waals surface area contributed by atoms with Crippen LogP contribution in [0.15, 0.2) is 18.3 Å². The van der Waals surface area contributed by atoms with E-state index in [4.69, 9.17) is 4.74 Å². The Kier molecular flexibility index (Phi) is 6.15. The van der Waals surface area contributed by atoms with Gasteiger partial charge in [-0.2, -0.15) is 5.10 Å². The summed E-state index contributed by atoms with van der Waals surface area (Å²) < 4.78 is 26.4. The lowest BCUT2D eigenvalue weighted by Crippen LogP contribution is -2.40. The van der Waals surface area contributed by atoms with Crippen molar-refractivity contribution in [1.29, 1.82) is 0 Å². The maximum atomic E-state index is 13.9. The molecular formula is C22H30FN3O3. The molecule has 29 heavy (non-hydrogen) atoms. The van der Waals surface area contributed by atoms with Crippen molar-refractivity contribution in [3.8, 4) is 0 Å². The van der Waals surface area contributed by atoms with E-state index in [-0.39, 0.29) is 12.8 Å². The van der Waals surface area contributed by atoms with Gasteiger partial charge in [-0.15, -0.1) is 0 Å². The van der Waals surface area contributed by atoms with E-state index < -0.39 is 12.1 Å². The number of esters is 1. The van der Waals surface area contributed by atoms with Crippen LogP contribution in [0.3, 0.4) is 0 Å². The molecule has 2 aliphatic rings. The Bertz CT molecular complexity index is 854. The minimum Gasteiger partial charge on any atom is -0.467 e. The van der Waals surface area contributed by atoms with Gasteiger partial charge in [-0.25, -0.2) is 13.9 Å². The Morgan fingerprint density at radius 3 is 2.79 bits per heavy atom. The third kappa shape index (κ3) is 4.31. The number of halogens is 1. The maximum absolute atomic E-state index is 13.9. The molecule has 158 valence electrons. The maximum Gasteiger partial charge on any atom is 0.341 e. The zero-order valence-electron chi connectivity index (χ0n) is 17.3. The highest BCUT2D eigenvalue weighted by molar-refractivity contribution is 5.80. The molecular weight excluding hydrogens is 373 g/mol. The first-order chi connectivity index (χ1) is 14.1. The molecule has 2 fully saturated rings. The number of methoxy groups -OCH3 is 1. The van der Waals surface area contributed by atoms with Crippen LogP contribution in [0, 0.1) is 6.92 Å². The quantitative estimate of drug-likeness (QED) is 0.712. The van der Waals surface area contributed by atoms with Gasteiger partial charge in [0.2, 0.25) is 6.17 Å². The van der Waals surface area contributed by atoms with E-state index in [1.807, 2.05) is 15.8 Å². The number of piperidine rings is 1. The van der Waals surface area contributed by atoms with E-state index in [1.54, 1.807) is 0 Å². The van der Waals surface area contributed by atoms with Crippen LogP contribution in [-0.2, 0) is 14.3 Å². The lowest BCUT2D eigenvalue weighted by Gasteiger charge is -2.33. The van der Waals surface area contributed by atoms with Gasteiger partial charge in [0.15, 0.2) is 6.23 Å². The predicted molar refractivity (Wildman–Crippen MR) is 109 cm³/mol. The molecule has 0 amide bonds. The van der Waals surface area contributed by atoms with Crippen molar-refractivity contribution in [2.24, 2.45) is 0 Å². The molecule has 2 aliphatic heterocycles. The summed E-state index contributed by atoms with van der Waals surface area (Å²) in [6.07, 6.45) is 5.59. The SMILES string of the molecule is COC(=O)C(F)CN1CCC(c2cc3c(cnn3C3CCCCO3)cc2C)CC1. The fourth-order valence-electron chi connectivity index (χ4n) is 4.66. The first-order valence-electron chi connectivity index (χ1n) is 10.6. The highest BCUT2D eigenvalue weighted by Crippen LogP contribution is 2.34. The summed E-state index contributed by atoms with van der Waals surface area (Å²) in [4.78, 5) is 13.4. The van der Waals surface area contributed by atoms with Crippen LogP contribution >= 0.6 is 0 Å². The smallest absolute Gasteiger partial charge is 0.341 e. The van der Waals surface area contributed by atoms with Gasteiger partial charge in [-0.3, -0.25) is 4.90 Å².